The topological polar surface area (TPSA) is 51.2 Å². The molecule has 2 aromatic rings. The quantitative estimate of drug-likeness (QED) is 0.442. The van der Waals surface area contributed by atoms with E-state index >= 15 is 0 Å². The minimum Gasteiger partial charge on any atom is -0.490 e. The first kappa shape index (κ1) is 22.1. The number of carbonyl (C=O) groups excluding carboxylic acids is 1. The average Bonchev–Trinajstić information content (AvgIpc) is 2.78. The fraction of sp³-hybridized carbons (Fsp3) is 0.458. The molecule has 0 amide bonds. The number of esters is 1. The molecule has 1 aliphatic heterocycles. The number of carbonyl (C=O) groups is 1. The van der Waals surface area contributed by atoms with Gasteiger partial charge in [-0.15, -0.1) is 0 Å². The Morgan fingerprint density at radius 3 is 2.33 bits per heavy atom. The highest BCUT2D eigenvalue weighted by Gasteiger charge is 2.12. The summed E-state index contributed by atoms with van der Waals surface area (Å²) in [6, 6.07) is 15.2. The first-order chi connectivity index (χ1) is 14.6. The van der Waals surface area contributed by atoms with Crippen LogP contribution in [0.25, 0.3) is 0 Å². The molecular weight excluding hydrogens is 380 g/mol. The number of rotatable bonds is 10. The smallest absolute Gasteiger partial charge is 0.337 e. The van der Waals surface area contributed by atoms with Gasteiger partial charge in [0.05, 0.1) is 12.7 Å². The van der Waals surface area contributed by atoms with Crippen molar-refractivity contribution in [1.29, 1.82) is 0 Å². The van der Waals surface area contributed by atoms with Gasteiger partial charge in [0.25, 0.3) is 0 Å². The molecule has 1 aliphatic rings. The molecule has 0 aromatic heterocycles. The van der Waals surface area contributed by atoms with Crippen molar-refractivity contribution in [2.75, 3.05) is 60.1 Å². The van der Waals surface area contributed by atoms with Crippen LogP contribution in [-0.4, -0.2) is 75.9 Å². The minimum absolute atomic E-state index is 0.353. The van der Waals surface area contributed by atoms with Gasteiger partial charge in [0, 0.05) is 26.2 Å². The summed E-state index contributed by atoms with van der Waals surface area (Å²) in [5.74, 6) is 1.22. The van der Waals surface area contributed by atoms with E-state index in [1.807, 2.05) is 12.1 Å². The molecule has 1 fully saturated rings. The van der Waals surface area contributed by atoms with Crippen molar-refractivity contribution >= 4 is 5.97 Å². The molecular formula is C24H32N2O4. The zero-order valence-electron chi connectivity index (χ0n) is 18.0. The van der Waals surface area contributed by atoms with Gasteiger partial charge in [0.2, 0.25) is 0 Å². The molecule has 0 unspecified atom stereocenters. The number of methoxy groups -OCH3 is 1. The van der Waals surface area contributed by atoms with Crippen molar-refractivity contribution in [2.24, 2.45) is 0 Å². The summed E-state index contributed by atoms with van der Waals surface area (Å²) in [7, 11) is 3.56. The van der Waals surface area contributed by atoms with Crippen molar-refractivity contribution < 1.29 is 19.0 Å². The molecule has 0 saturated carbocycles. The van der Waals surface area contributed by atoms with Crippen LogP contribution in [0.2, 0.25) is 0 Å². The van der Waals surface area contributed by atoms with E-state index in [0.29, 0.717) is 24.5 Å². The normalized spacial score (nSPS) is 15.0. The Kier molecular flexibility index (Phi) is 8.53. The molecule has 0 N–H and O–H groups in total. The van der Waals surface area contributed by atoms with Crippen molar-refractivity contribution in [1.82, 2.24) is 9.80 Å². The van der Waals surface area contributed by atoms with Crippen molar-refractivity contribution in [3.05, 3.63) is 59.7 Å². The number of benzene rings is 2. The van der Waals surface area contributed by atoms with Crippen LogP contribution in [0.5, 0.6) is 11.5 Å². The number of hydrogen-bond donors (Lipinski definition) is 0. The Morgan fingerprint density at radius 1 is 0.933 bits per heavy atom. The predicted octanol–water partition coefficient (Wildman–Crippen LogP) is 3.11. The van der Waals surface area contributed by atoms with Crippen LogP contribution in [0.3, 0.4) is 0 Å². The summed E-state index contributed by atoms with van der Waals surface area (Å²) >= 11 is 0. The van der Waals surface area contributed by atoms with E-state index in [4.69, 9.17) is 9.47 Å². The van der Waals surface area contributed by atoms with Gasteiger partial charge in [-0.25, -0.2) is 4.79 Å². The Balaban J connectivity index is 1.35. The highest BCUT2D eigenvalue weighted by molar-refractivity contribution is 5.89. The van der Waals surface area contributed by atoms with Crippen LogP contribution >= 0.6 is 0 Å². The minimum atomic E-state index is -0.353. The molecule has 6 heteroatoms. The summed E-state index contributed by atoms with van der Waals surface area (Å²) in [5.41, 5.74) is 1.81. The van der Waals surface area contributed by atoms with Gasteiger partial charge in [0.1, 0.15) is 24.7 Å². The largest absolute Gasteiger partial charge is 0.490 e. The third-order valence-corrected chi connectivity index (χ3v) is 5.33. The second-order valence-corrected chi connectivity index (χ2v) is 7.61. The van der Waals surface area contributed by atoms with E-state index in [-0.39, 0.29) is 5.97 Å². The Labute approximate surface area is 179 Å². The lowest BCUT2D eigenvalue weighted by molar-refractivity contribution is 0.0600. The van der Waals surface area contributed by atoms with Crippen LogP contribution in [0.15, 0.2) is 48.5 Å². The van der Waals surface area contributed by atoms with Crippen LogP contribution in [0.1, 0.15) is 22.3 Å². The molecule has 3 rings (SSSR count). The van der Waals surface area contributed by atoms with Gasteiger partial charge >= 0.3 is 5.97 Å². The fourth-order valence-corrected chi connectivity index (χ4v) is 3.49. The summed E-state index contributed by atoms with van der Waals surface area (Å²) in [5, 5.41) is 0. The molecule has 0 spiro atoms. The van der Waals surface area contributed by atoms with E-state index in [0.717, 1.165) is 25.1 Å². The third kappa shape index (κ3) is 7.04. The van der Waals surface area contributed by atoms with E-state index in [9.17, 15) is 4.79 Å². The molecule has 162 valence electrons. The second-order valence-electron chi connectivity index (χ2n) is 7.61. The summed E-state index contributed by atoms with van der Waals surface area (Å²) < 4.78 is 16.2. The first-order valence-corrected chi connectivity index (χ1v) is 10.6. The van der Waals surface area contributed by atoms with Crippen molar-refractivity contribution in [3.8, 4) is 11.5 Å². The summed E-state index contributed by atoms with van der Waals surface area (Å²) in [6.07, 6.45) is 2.23. The van der Waals surface area contributed by atoms with E-state index in [1.54, 1.807) is 24.3 Å². The molecule has 0 aliphatic carbocycles. The first-order valence-electron chi connectivity index (χ1n) is 10.6. The van der Waals surface area contributed by atoms with Crippen molar-refractivity contribution in [2.45, 2.75) is 12.8 Å². The summed E-state index contributed by atoms with van der Waals surface area (Å²) in [4.78, 5) is 16.4. The molecule has 30 heavy (non-hydrogen) atoms. The number of likely N-dealkylation sites (N-methyl/N-ethyl adjacent to an activating group) is 1. The van der Waals surface area contributed by atoms with Crippen LogP contribution < -0.4 is 9.47 Å². The maximum Gasteiger partial charge on any atom is 0.337 e. The van der Waals surface area contributed by atoms with Gasteiger partial charge in [-0.1, -0.05) is 12.1 Å². The Bertz CT molecular complexity index is 786. The zero-order valence-corrected chi connectivity index (χ0v) is 18.0. The SMILES string of the molecule is COC(=O)c1ccc(OCCOc2cccc(CCCN3CCN(C)CC3)c2)cc1. The molecule has 6 nitrogen and oxygen atoms in total. The lowest BCUT2D eigenvalue weighted by Gasteiger charge is -2.32. The van der Waals surface area contributed by atoms with E-state index in [2.05, 4.69) is 33.7 Å². The highest BCUT2D eigenvalue weighted by Crippen LogP contribution is 2.16. The number of ether oxygens (including phenoxy) is 3. The number of nitrogens with zero attached hydrogens (tertiary/aromatic N) is 2. The van der Waals surface area contributed by atoms with E-state index < -0.39 is 0 Å². The number of hydrogen-bond acceptors (Lipinski definition) is 6. The van der Waals surface area contributed by atoms with Gasteiger partial charge in [0.15, 0.2) is 0 Å². The monoisotopic (exact) mass is 412 g/mol. The van der Waals surface area contributed by atoms with Crippen LogP contribution in [-0.2, 0) is 11.2 Å². The van der Waals surface area contributed by atoms with Gasteiger partial charge in [-0.2, -0.15) is 0 Å². The fourth-order valence-electron chi connectivity index (χ4n) is 3.49. The highest BCUT2D eigenvalue weighted by atomic mass is 16.5. The second kappa shape index (κ2) is 11.6. The molecule has 0 radical (unpaired) electrons. The Morgan fingerprint density at radius 2 is 1.63 bits per heavy atom. The predicted molar refractivity (Wildman–Crippen MR) is 117 cm³/mol. The Hall–Kier alpha value is -2.57. The van der Waals surface area contributed by atoms with Crippen LogP contribution in [0.4, 0.5) is 0 Å². The maximum absolute atomic E-state index is 11.4. The molecule has 0 atom stereocenters. The van der Waals surface area contributed by atoms with Crippen LogP contribution in [0, 0.1) is 0 Å². The molecule has 1 saturated heterocycles. The van der Waals surface area contributed by atoms with E-state index in [1.165, 1.54) is 38.9 Å². The molecule has 0 bridgehead atoms. The molecule has 1 heterocycles. The lowest BCUT2D eigenvalue weighted by Crippen LogP contribution is -2.44. The number of aryl methyl sites for hydroxylation is 1. The van der Waals surface area contributed by atoms with Crippen molar-refractivity contribution in [3.63, 3.8) is 0 Å². The lowest BCUT2D eigenvalue weighted by atomic mass is 10.1. The van der Waals surface area contributed by atoms with Gasteiger partial charge < -0.3 is 24.0 Å². The zero-order chi connectivity index (χ0) is 21.2. The van der Waals surface area contributed by atoms with Gasteiger partial charge in [-0.05, 0) is 68.4 Å². The third-order valence-electron chi connectivity index (χ3n) is 5.33. The van der Waals surface area contributed by atoms with Gasteiger partial charge in [-0.3, -0.25) is 0 Å². The summed E-state index contributed by atoms with van der Waals surface area (Å²) in [6.45, 7) is 6.73. The average molecular weight is 413 g/mol. The standard InChI is InChI=1S/C24H32N2O4/c1-25-13-15-26(16-14-25)12-4-6-20-5-3-7-23(19-20)30-18-17-29-22-10-8-21(9-11-22)24(27)28-2/h3,5,7-11,19H,4,6,12-18H2,1-2H3. The maximum atomic E-state index is 11.4. The number of piperazine rings is 1. The molecule has 2 aromatic carbocycles.